The molecule has 0 amide bonds. The minimum atomic E-state index is -0.526. The summed E-state index contributed by atoms with van der Waals surface area (Å²) in [6, 6.07) is 4.38. The van der Waals surface area contributed by atoms with Gasteiger partial charge in [0.1, 0.15) is 5.82 Å². The van der Waals surface area contributed by atoms with E-state index in [0.29, 0.717) is 5.56 Å². The van der Waals surface area contributed by atoms with E-state index in [2.05, 4.69) is 5.32 Å². The van der Waals surface area contributed by atoms with E-state index >= 15 is 0 Å². The van der Waals surface area contributed by atoms with Crippen molar-refractivity contribution in [3.05, 3.63) is 34.6 Å². The standard InChI is InChI=1S/C12H13ClFNO/c13-11-9(2-1-3-10(11)14)12(16)8-4-6-15-7-5-8/h1-3,8,15H,4-7H2. The lowest BCUT2D eigenvalue weighted by atomic mass is 9.89. The summed E-state index contributed by atoms with van der Waals surface area (Å²) in [5, 5.41) is 3.14. The van der Waals surface area contributed by atoms with Crippen molar-refractivity contribution in [3.63, 3.8) is 0 Å². The molecule has 1 N–H and O–H groups in total. The van der Waals surface area contributed by atoms with Gasteiger partial charge in [-0.2, -0.15) is 0 Å². The molecule has 1 aliphatic rings. The van der Waals surface area contributed by atoms with Crippen LogP contribution in [0.4, 0.5) is 4.39 Å². The number of halogens is 2. The lowest BCUT2D eigenvalue weighted by Gasteiger charge is -2.21. The summed E-state index contributed by atoms with van der Waals surface area (Å²) >= 11 is 5.80. The van der Waals surface area contributed by atoms with Crippen LogP contribution in [0.5, 0.6) is 0 Å². The topological polar surface area (TPSA) is 29.1 Å². The summed E-state index contributed by atoms with van der Waals surface area (Å²) in [6.45, 7) is 1.67. The van der Waals surface area contributed by atoms with E-state index < -0.39 is 5.82 Å². The Kier molecular flexibility index (Phi) is 3.56. The Bertz CT molecular complexity index is 402. The number of nitrogens with one attached hydrogen (secondary N) is 1. The van der Waals surface area contributed by atoms with Crippen molar-refractivity contribution in [3.8, 4) is 0 Å². The molecular formula is C12H13ClFNO. The summed E-state index contributed by atoms with van der Waals surface area (Å²) in [4.78, 5) is 12.1. The molecule has 16 heavy (non-hydrogen) atoms. The minimum absolute atomic E-state index is 0.0273. The third-order valence-corrected chi connectivity index (χ3v) is 3.31. The molecule has 0 saturated carbocycles. The Morgan fingerprint density at radius 2 is 2.06 bits per heavy atom. The van der Waals surface area contributed by atoms with Gasteiger partial charge in [0.2, 0.25) is 0 Å². The van der Waals surface area contributed by atoms with Gasteiger partial charge in [-0.25, -0.2) is 4.39 Å². The number of Topliss-reactive ketones (excluding diaryl/α,β-unsaturated/α-hetero) is 1. The number of ketones is 1. The number of hydrogen-bond donors (Lipinski definition) is 1. The van der Waals surface area contributed by atoms with Crippen molar-refractivity contribution >= 4 is 17.4 Å². The maximum absolute atomic E-state index is 13.2. The molecule has 1 aromatic carbocycles. The summed E-state index contributed by atoms with van der Waals surface area (Å²) < 4.78 is 13.2. The maximum atomic E-state index is 13.2. The molecule has 1 fully saturated rings. The smallest absolute Gasteiger partial charge is 0.167 e. The van der Waals surface area contributed by atoms with Gasteiger partial charge >= 0.3 is 0 Å². The summed E-state index contributed by atoms with van der Waals surface area (Å²) in [5.74, 6) is -0.590. The van der Waals surface area contributed by atoms with Crippen molar-refractivity contribution in [1.29, 1.82) is 0 Å². The second kappa shape index (κ2) is 4.93. The predicted octanol–water partition coefficient (Wildman–Crippen LogP) is 2.66. The van der Waals surface area contributed by atoms with Crippen LogP contribution < -0.4 is 5.32 Å². The average Bonchev–Trinajstić information content (AvgIpc) is 2.33. The zero-order valence-electron chi connectivity index (χ0n) is 8.80. The van der Waals surface area contributed by atoms with Crippen molar-refractivity contribution in [2.24, 2.45) is 5.92 Å². The molecule has 1 aromatic rings. The Hall–Kier alpha value is -0.930. The van der Waals surface area contributed by atoms with E-state index in [1.807, 2.05) is 0 Å². The SMILES string of the molecule is O=C(c1cccc(F)c1Cl)C1CCNCC1. The van der Waals surface area contributed by atoms with Gasteiger partial charge in [0.15, 0.2) is 5.78 Å². The molecule has 0 aromatic heterocycles. The van der Waals surface area contributed by atoms with E-state index in [1.54, 1.807) is 6.07 Å². The van der Waals surface area contributed by atoms with Gasteiger partial charge in [-0.05, 0) is 38.1 Å². The van der Waals surface area contributed by atoms with Crippen LogP contribution in [0.25, 0.3) is 0 Å². The first kappa shape index (κ1) is 11.6. The van der Waals surface area contributed by atoms with E-state index in [1.165, 1.54) is 12.1 Å². The van der Waals surface area contributed by atoms with Crippen LogP contribution in [0.2, 0.25) is 5.02 Å². The Balaban J connectivity index is 2.22. The first-order valence-electron chi connectivity index (χ1n) is 5.39. The van der Waals surface area contributed by atoms with Crippen molar-refractivity contribution in [1.82, 2.24) is 5.32 Å². The van der Waals surface area contributed by atoms with Crippen molar-refractivity contribution in [2.75, 3.05) is 13.1 Å². The van der Waals surface area contributed by atoms with Crippen LogP contribution in [-0.2, 0) is 0 Å². The molecule has 0 spiro atoms. The molecule has 1 aliphatic heterocycles. The van der Waals surface area contributed by atoms with Gasteiger partial charge in [-0.15, -0.1) is 0 Å². The Labute approximate surface area is 98.8 Å². The van der Waals surface area contributed by atoms with Crippen LogP contribution in [0.3, 0.4) is 0 Å². The highest BCUT2D eigenvalue weighted by Crippen LogP contribution is 2.25. The van der Waals surface area contributed by atoms with E-state index in [-0.39, 0.29) is 16.7 Å². The molecule has 0 unspecified atom stereocenters. The molecule has 2 nitrogen and oxygen atoms in total. The first-order chi connectivity index (χ1) is 7.70. The van der Waals surface area contributed by atoms with Gasteiger partial charge in [0, 0.05) is 11.5 Å². The average molecular weight is 242 g/mol. The molecule has 86 valence electrons. The number of piperidine rings is 1. The fraction of sp³-hybridized carbons (Fsp3) is 0.417. The number of rotatable bonds is 2. The molecule has 0 aliphatic carbocycles. The highest BCUT2D eigenvalue weighted by Gasteiger charge is 2.24. The predicted molar refractivity (Wildman–Crippen MR) is 61.3 cm³/mol. The summed E-state index contributed by atoms with van der Waals surface area (Å²) in [6.07, 6.45) is 1.59. The van der Waals surface area contributed by atoms with E-state index in [9.17, 15) is 9.18 Å². The van der Waals surface area contributed by atoms with Crippen LogP contribution >= 0.6 is 11.6 Å². The molecule has 4 heteroatoms. The normalized spacial score (nSPS) is 17.4. The molecule has 1 heterocycles. The largest absolute Gasteiger partial charge is 0.317 e. The van der Waals surface area contributed by atoms with Gasteiger partial charge < -0.3 is 5.32 Å². The molecule has 0 atom stereocenters. The Morgan fingerprint density at radius 1 is 1.38 bits per heavy atom. The van der Waals surface area contributed by atoms with Gasteiger partial charge in [-0.1, -0.05) is 17.7 Å². The fourth-order valence-corrected chi connectivity index (χ4v) is 2.22. The number of benzene rings is 1. The quantitative estimate of drug-likeness (QED) is 0.807. The lowest BCUT2D eigenvalue weighted by Crippen LogP contribution is -2.32. The zero-order valence-corrected chi connectivity index (χ0v) is 9.56. The monoisotopic (exact) mass is 241 g/mol. The van der Waals surface area contributed by atoms with Crippen LogP contribution in [0, 0.1) is 11.7 Å². The summed E-state index contributed by atoms with van der Waals surface area (Å²) in [7, 11) is 0. The van der Waals surface area contributed by atoms with Crippen LogP contribution in [0.1, 0.15) is 23.2 Å². The van der Waals surface area contributed by atoms with Crippen molar-refractivity contribution < 1.29 is 9.18 Å². The van der Waals surface area contributed by atoms with Crippen LogP contribution in [-0.4, -0.2) is 18.9 Å². The molecule has 0 radical (unpaired) electrons. The van der Waals surface area contributed by atoms with Gasteiger partial charge in [-0.3, -0.25) is 4.79 Å². The second-order valence-corrected chi connectivity index (χ2v) is 4.37. The molecule has 0 bridgehead atoms. The van der Waals surface area contributed by atoms with Crippen molar-refractivity contribution in [2.45, 2.75) is 12.8 Å². The lowest BCUT2D eigenvalue weighted by molar-refractivity contribution is 0.0895. The van der Waals surface area contributed by atoms with Crippen LogP contribution in [0.15, 0.2) is 18.2 Å². The van der Waals surface area contributed by atoms with E-state index in [0.717, 1.165) is 25.9 Å². The molecular weight excluding hydrogens is 229 g/mol. The third-order valence-electron chi connectivity index (χ3n) is 2.93. The second-order valence-electron chi connectivity index (χ2n) is 3.99. The Morgan fingerprint density at radius 3 is 2.75 bits per heavy atom. The molecule has 2 rings (SSSR count). The first-order valence-corrected chi connectivity index (χ1v) is 5.77. The number of carbonyl (C=O) groups excluding carboxylic acids is 1. The van der Waals surface area contributed by atoms with E-state index in [4.69, 9.17) is 11.6 Å². The highest BCUT2D eigenvalue weighted by molar-refractivity contribution is 6.34. The summed E-state index contributed by atoms with van der Waals surface area (Å²) in [5.41, 5.74) is 0.313. The third kappa shape index (κ3) is 2.25. The fourth-order valence-electron chi connectivity index (χ4n) is 2.00. The number of hydrogen-bond acceptors (Lipinski definition) is 2. The number of carbonyl (C=O) groups is 1. The zero-order chi connectivity index (χ0) is 11.5. The van der Waals surface area contributed by atoms with Gasteiger partial charge in [0.05, 0.1) is 5.02 Å². The highest BCUT2D eigenvalue weighted by atomic mass is 35.5. The minimum Gasteiger partial charge on any atom is -0.317 e. The maximum Gasteiger partial charge on any atom is 0.167 e. The molecule has 1 saturated heterocycles. The van der Waals surface area contributed by atoms with Gasteiger partial charge in [0.25, 0.3) is 0 Å².